The van der Waals surface area contributed by atoms with Crippen LogP contribution in [0.3, 0.4) is 0 Å². The molecule has 9 nitrogen and oxygen atoms in total. The molecular weight excluding hydrogens is 518 g/mol. The fourth-order valence-electron chi connectivity index (χ4n) is 3.85. The summed E-state index contributed by atoms with van der Waals surface area (Å²) in [4.78, 5) is 32.9. The van der Waals surface area contributed by atoms with Gasteiger partial charge in [0.05, 0.1) is 11.1 Å². The molecule has 39 heavy (non-hydrogen) atoms. The van der Waals surface area contributed by atoms with Crippen LogP contribution < -0.4 is 10.2 Å². The van der Waals surface area contributed by atoms with Crippen LogP contribution in [0.5, 0.6) is 0 Å². The van der Waals surface area contributed by atoms with E-state index < -0.39 is 42.0 Å². The molecule has 1 atom stereocenters. The Morgan fingerprint density at radius 1 is 1.03 bits per heavy atom. The van der Waals surface area contributed by atoms with Gasteiger partial charge in [0.1, 0.15) is 18.4 Å². The number of benzene rings is 2. The average Bonchev–Trinajstić information content (AvgIpc) is 3.35. The number of amides is 2. The number of alkyl halides is 3. The maximum Gasteiger partial charge on any atom is 0.416 e. The molecule has 0 unspecified atom stereocenters. The highest BCUT2D eigenvalue weighted by Crippen LogP contribution is 2.34. The largest absolute Gasteiger partial charge is 0.416 e. The Kier molecular flexibility index (Phi) is 7.98. The van der Waals surface area contributed by atoms with E-state index >= 15 is 0 Å². The highest BCUT2D eigenvalue weighted by Gasteiger charge is 2.36. The van der Waals surface area contributed by atoms with E-state index in [1.165, 1.54) is 48.8 Å². The minimum absolute atomic E-state index is 0.0527. The molecule has 2 aromatic carbocycles. The number of hydrogen-bond donors (Lipinski definition) is 1. The molecule has 0 aliphatic rings. The van der Waals surface area contributed by atoms with Crippen molar-refractivity contribution in [3.63, 3.8) is 0 Å². The lowest BCUT2D eigenvalue weighted by atomic mass is 10.0. The molecule has 0 aliphatic carbocycles. The molecule has 4 rings (SSSR count). The summed E-state index contributed by atoms with van der Waals surface area (Å²) < 4.78 is 54.9. The molecule has 4 aromatic rings. The number of aromatic nitrogens is 5. The van der Waals surface area contributed by atoms with E-state index in [2.05, 4.69) is 25.7 Å². The van der Waals surface area contributed by atoms with Crippen LogP contribution in [-0.2, 0) is 22.3 Å². The first-order chi connectivity index (χ1) is 18.5. The quantitative estimate of drug-likeness (QED) is 0.336. The van der Waals surface area contributed by atoms with Crippen LogP contribution in [0.2, 0.25) is 0 Å². The lowest BCUT2D eigenvalue weighted by molar-refractivity contribution is -0.137. The molecule has 0 fully saturated rings. The molecule has 1 N–H and O–H groups in total. The second-order valence-electron chi connectivity index (χ2n) is 8.78. The summed E-state index contributed by atoms with van der Waals surface area (Å²) in [6.45, 7) is 2.82. The van der Waals surface area contributed by atoms with Gasteiger partial charge in [-0.1, -0.05) is 18.2 Å². The Hall–Kier alpha value is -4.68. The summed E-state index contributed by atoms with van der Waals surface area (Å²) in [7, 11) is 0. The molecule has 0 saturated heterocycles. The van der Waals surface area contributed by atoms with Crippen LogP contribution in [0.4, 0.5) is 23.2 Å². The van der Waals surface area contributed by atoms with E-state index in [9.17, 15) is 27.2 Å². The maximum atomic E-state index is 14.2. The Morgan fingerprint density at radius 3 is 2.41 bits per heavy atom. The van der Waals surface area contributed by atoms with Crippen molar-refractivity contribution in [2.24, 2.45) is 0 Å². The SMILES string of the molecule is CC(C)NC(=O)[C@@H](c1ccncc1)N(C(=O)Cn1nnc(-c2ccccc2F)n1)c1cccc(C(F)(F)F)c1. The number of nitrogens with zero attached hydrogens (tertiary/aromatic N) is 6. The molecule has 0 radical (unpaired) electrons. The summed E-state index contributed by atoms with van der Waals surface area (Å²) >= 11 is 0. The molecule has 0 saturated carbocycles. The van der Waals surface area contributed by atoms with Gasteiger partial charge in [-0.3, -0.25) is 19.5 Å². The van der Waals surface area contributed by atoms with E-state index in [4.69, 9.17) is 0 Å². The molecule has 202 valence electrons. The van der Waals surface area contributed by atoms with Crippen LogP contribution >= 0.6 is 0 Å². The summed E-state index contributed by atoms with van der Waals surface area (Å²) in [6, 6.07) is 11.1. The zero-order valence-corrected chi connectivity index (χ0v) is 20.8. The zero-order chi connectivity index (χ0) is 28.2. The molecule has 2 aromatic heterocycles. The summed E-state index contributed by atoms with van der Waals surface area (Å²) in [5, 5.41) is 14.4. The number of hydrogen-bond acceptors (Lipinski definition) is 6. The van der Waals surface area contributed by atoms with Crippen LogP contribution in [-0.4, -0.2) is 43.0 Å². The van der Waals surface area contributed by atoms with Gasteiger partial charge in [-0.05, 0) is 67.1 Å². The van der Waals surface area contributed by atoms with E-state index in [0.29, 0.717) is 5.56 Å². The van der Waals surface area contributed by atoms with E-state index in [-0.39, 0.29) is 23.1 Å². The first-order valence-corrected chi connectivity index (χ1v) is 11.8. The van der Waals surface area contributed by atoms with Gasteiger partial charge >= 0.3 is 6.18 Å². The van der Waals surface area contributed by atoms with Gasteiger partial charge in [-0.15, -0.1) is 10.2 Å². The Morgan fingerprint density at radius 2 is 1.74 bits per heavy atom. The molecule has 0 bridgehead atoms. The average molecular weight is 542 g/mol. The Balaban J connectivity index is 1.78. The standard InChI is InChI=1S/C26H23F4N7O2/c1-16(2)32-25(39)23(17-10-12-31-13-11-17)37(19-7-5-6-18(14-19)26(28,29)30)22(38)15-36-34-24(33-35-36)20-8-3-4-9-21(20)27/h3-14,16,23H,15H2,1-2H3,(H,32,39)/t23-/m1/s1. The normalized spacial score (nSPS) is 12.3. The van der Waals surface area contributed by atoms with Crippen LogP contribution in [0.1, 0.15) is 31.0 Å². The summed E-state index contributed by atoms with van der Waals surface area (Å²) in [6.07, 6.45) is -1.89. The number of anilines is 1. The van der Waals surface area contributed by atoms with Gasteiger partial charge < -0.3 is 5.32 Å². The van der Waals surface area contributed by atoms with Crippen molar-refractivity contribution in [2.45, 2.75) is 38.7 Å². The van der Waals surface area contributed by atoms with Gasteiger partial charge in [-0.2, -0.15) is 18.0 Å². The van der Waals surface area contributed by atoms with Gasteiger partial charge in [-0.25, -0.2) is 4.39 Å². The Labute approximate surface area is 220 Å². The zero-order valence-electron chi connectivity index (χ0n) is 20.8. The lowest BCUT2D eigenvalue weighted by Crippen LogP contribution is -2.47. The highest BCUT2D eigenvalue weighted by atomic mass is 19.4. The first kappa shape index (κ1) is 27.4. The van der Waals surface area contributed by atoms with Crippen molar-refractivity contribution in [1.29, 1.82) is 0 Å². The summed E-state index contributed by atoms with van der Waals surface area (Å²) in [5.74, 6) is -2.13. The van der Waals surface area contributed by atoms with Gasteiger partial charge in [0.15, 0.2) is 0 Å². The van der Waals surface area contributed by atoms with Crippen LogP contribution in [0, 0.1) is 5.82 Å². The predicted molar refractivity (Wildman–Crippen MR) is 132 cm³/mol. The summed E-state index contributed by atoms with van der Waals surface area (Å²) in [5.41, 5.74) is -0.814. The fraction of sp³-hybridized carbons (Fsp3) is 0.231. The van der Waals surface area contributed by atoms with E-state index in [1.54, 1.807) is 19.9 Å². The second-order valence-corrected chi connectivity index (χ2v) is 8.78. The minimum Gasteiger partial charge on any atom is -0.352 e. The number of carbonyl (C=O) groups is 2. The third-order valence-electron chi connectivity index (χ3n) is 5.52. The lowest BCUT2D eigenvalue weighted by Gasteiger charge is -2.32. The maximum absolute atomic E-state index is 14.2. The smallest absolute Gasteiger partial charge is 0.352 e. The van der Waals surface area contributed by atoms with E-state index in [1.807, 2.05) is 0 Å². The van der Waals surface area contributed by atoms with Crippen LogP contribution in [0.15, 0.2) is 73.1 Å². The molecular formula is C26H23F4N7O2. The van der Waals surface area contributed by atoms with Crippen molar-refractivity contribution >= 4 is 17.5 Å². The number of rotatable bonds is 8. The minimum atomic E-state index is -4.70. The van der Waals surface area contributed by atoms with Crippen molar-refractivity contribution in [1.82, 2.24) is 30.5 Å². The number of tetrazole rings is 1. The number of halogens is 4. The van der Waals surface area contributed by atoms with Crippen molar-refractivity contribution in [2.75, 3.05) is 4.90 Å². The van der Waals surface area contributed by atoms with Crippen molar-refractivity contribution in [3.05, 3.63) is 90.0 Å². The van der Waals surface area contributed by atoms with Gasteiger partial charge in [0.25, 0.3) is 5.91 Å². The topological polar surface area (TPSA) is 106 Å². The van der Waals surface area contributed by atoms with Crippen molar-refractivity contribution in [3.8, 4) is 11.4 Å². The third kappa shape index (κ3) is 6.43. The van der Waals surface area contributed by atoms with Crippen LogP contribution in [0.25, 0.3) is 11.4 Å². The number of pyridine rings is 1. The first-order valence-electron chi connectivity index (χ1n) is 11.8. The monoisotopic (exact) mass is 541 g/mol. The molecule has 0 spiro atoms. The predicted octanol–water partition coefficient (Wildman–Crippen LogP) is 4.19. The fourth-order valence-corrected chi connectivity index (χ4v) is 3.85. The highest BCUT2D eigenvalue weighted by molar-refractivity contribution is 6.01. The Bertz CT molecular complexity index is 1460. The molecule has 0 aliphatic heterocycles. The van der Waals surface area contributed by atoms with E-state index in [0.717, 1.165) is 27.9 Å². The second kappa shape index (κ2) is 11.4. The third-order valence-corrected chi connectivity index (χ3v) is 5.52. The van der Waals surface area contributed by atoms with Crippen molar-refractivity contribution < 1.29 is 27.2 Å². The van der Waals surface area contributed by atoms with Gasteiger partial charge in [0, 0.05) is 24.1 Å². The number of carbonyl (C=O) groups excluding carboxylic acids is 2. The number of nitrogens with one attached hydrogen (secondary N) is 1. The van der Waals surface area contributed by atoms with Gasteiger partial charge in [0.2, 0.25) is 11.7 Å². The molecule has 2 amide bonds. The molecule has 2 heterocycles. The molecule has 13 heteroatoms.